The molecule has 1 aromatic rings. The van der Waals surface area contributed by atoms with Gasteiger partial charge in [0.15, 0.2) is 0 Å². The van der Waals surface area contributed by atoms with Crippen LogP contribution in [0.5, 0.6) is 5.75 Å². The standard InChI is InChI=1S/C10H7F3O3/c11-10(12,13)8-5-7(14)3-1-6(8)2-4-9(15)16/h1-5,14H,(H,15,16). The predicted octanol–water partition coefficient (Wildman–Crippen LogP) is 2.51. The molecule has 3 nitrogen and oxygen atoms in total. The van der Waals surface area contributed by atoms with Gasteiger partial charge in [-0.05, 0) is 23.8 Å². The first-order valence-electron chi connectivity index (χ1n) is 4.12. The molecule has 0 spiro atoms. The molecular formula is C10H7F3O3. The maximum atomic E-state index is 12.5. The second kappa shape index (κ2) is 4.26. The van der Waals surface area contributed by atoms with Gasteiger partial charge in [-0.15, -0.1) is 0 Å². The average molecular weight is 232 g/mol. The number of carboxylic acid groups (broad SMARTS) is 1. The van der Waals surface area contributed by atoms with E-state index in [-0.39, 0.29) is 5.56 Å². The molecule has 1 aromatic carbocycles. The Balaban J connectivity index is 3.23. The highest BCUT2D eigenvalue weighted by molar-refractivity contribution is 5.85. The van der Waals surface area contributed by atoms with Crippen molar-refractivity contribution in [2.45, 2.75) is 6.18 Å². The van der Waals surface area contributed by atoms with Crippen LogP contribution in [0.3, 0.4) is 0 Å². The second-order valence-electron chi connectivity index (χ2n) is 2.94. The number of aliphatic carboxylic acids is 1. The van der Waals surface area contributed by atoms with E-state index >= 15 is 0 Å². The summed E-state index contributed by atoms with van der Waals surface area (Å²) in [7, 11) is 0. The molecule has 0 radical (unpaired) electrons. The molecule has 0 aliphatic rings. The number of carboxylic acids is 1. The fraction of sp³-hybridized carbons (Fsp3) is 0.100. The van der Waals surface area contributed by atoms with Gasteiger partial charge < -0.3 is 10.2 Å². The number of carbonyl (C=O) groups is 1. The summed E-state index contributed by atoms with van der Waals surface area (Å²) in [5, 5.41) is 17.2. The van der Waals surface area contributed by atoms with Crippen molar-refractivity contribution in [3.63, 3.8) is 0 Å². The van der Waals surface area contributed by atoms with Gasteiger partial charge in [-0.2, -0.15) is 13.2 Å². The number of alkyl halides is 3. The van der Waals surface area contributed by atoms with Crippen LogP contribution < -0.4 is 0 Å². The van der Waals surface area contributed by atoms with Gasteiger partial charge in [0.25, 0.3) is 0 Å². The smallest absolute Gasteiger partial charge is 0.417 e. The Morgan fingerprint density at radius 3 is 2.44 bits per heavy atom. The molecule has 0 saturated carbocycles. The van der Waals surface area contributed by atoms with Gasteiger partial charge in [-0.25, -0.2) is 4.79 Å². The Bertz CT molecular complexity index is 435. The van der Waals surface area contributed by atoms with E-state index in [1.165, 1.54) is 0 Å². The van der Waals surface area contributed by atoms with Crippen LogP contribution in [0.2, 0.25) is 0 Å². The van der Waals surface area contributed by atoms with E-state index in [0.717, 1.165) is 18.2 Å². The van der Waals surface area contributed by atoms with Crippen LogP contribution in [0.15, 0.2) is 24.3 Å². The van der Waals surface area contributed by atoms with E-state index in [2.05, 4.69) is 0 Å². The van der Waals surface area contributed by atoms with E-state index in [9.17, 15) is 18.0 Å². The van der Waals surface area contributed by atoms with E-state index in [1.54, 1.807) is 0 Å². The lowest BCUT2D eigenvalue weighted by Crippen LogP contribution is -2.07. The van der Waals surface area contributed by atoms with Gasteiger partial charge >= 0.3 is 12.1 Å². The lowest BCUT2D eigenvalue weighted by atomic mass is 10.1. The summed E-state index contributed by atoms with van der Waals surface area (Å²) in [4.78, 5) is 10.2. The van der Waals surface area contributed by atoms with Crippen molar-refractivity contribution >= 4 is 12.0 Å². The molecule has 0 aliphatic carbocycles. The van der Waals surface area contributed by atoms with Crippen molar-refractivity contribution in [2.75, 3.05) is 0 Å². The molecule has 0 heterocycles. The summed E-state index contributed by atoms with van der Waals surface area (Å²) < 4.78 is 37.4. The lowest BCUT2D eigenvalue weighted by Gasteiger charge is -2.10. The fourth-order valence-corrected chi connectivity index (χ4v) is 1.10. The molecule has 86 valence electrons. The number of phenols is 1. The van der Waals surface area contributed by atoms with Crippen molar-refractivity contribution in [3.8, 4) is 5.75 Å². The molecule has 1 rings (SSSR count). The monoisotopic (exact) mass is 232 g/mol. The van der Waals surface area contributed by atoms with Crippen molar-refractivity contribution < 1.29 is 28.2 Å². The zero-order valence-electron chi connectivity index (χ0n) is 7.82. The van der Waals surface area contributed by atoms with E-state index in [1.807, 2.05) is 0 Å². The molecule has 0 aliphatic heterocycles. The van der Waals surface area contributed by atoms with Crippen LogP contribution in [-0.2, 0) is 11.0 Å². The highest BCUT2D eigenvalue weighted by Gasteiger charge is 2.33. The molecular weight excluding hydrogens is 225 g/mol. The van der Waals surface area contributed by atoms with Crippen molar-refractivity contribution in [1.29, 1.82) is 0 Å². The summed E-state index contributed by atoms with van der Waals surface area (Å²) in [6.45, 7) is 0. The minimum absolute atomic E-state index is 0.312. The zero-order valence-corrected chi connectivity index (χ0v) is 7.82. The SMILES string of the molecule is O=C(O)C=Cc1ccc(O)cc1C(F)(F)F. The third-order valence-electron chi connectivity index (χ3n) is 1.75. The molecule has 0 aromatic heterocycles. The maximum absolute atomic E-state index is 12.5. The minimum atomic E-state index is -4.64. The molecule has 0 unspecified atom stereocenters. The maximum Gasteiger partial charge on any atom is 0.417 e. The van der Waals surface area contributed by atoms with Crippen LogP contribution in [-0.4, -0.2) is 16.2 Å². The molecule has 16 heavy (non-hydrogen) atoms. The van der Waals surface area contributed by atoms with Crippen molar-refractivity contribution in [3.05, 3.63) is 35.4 Å². The largest absolute Gasteiger partial charge is 0.508 e. The number of benzene rings is 1. The first-order valence-corrected chi connectivity index (χ1v) is 4.12. The Labute approximate surface area is 88.4 Å². The highest BCUT2D eigenvalue weighted by atomic mass is 19.4. The summed E-state index contributed by atoms with van der Waals surface area (Å²) in [5.74, 6) is -1.87. The fourth-order valence-electron chi connectivity index (χ4n) is 1.10. The third-order valence-corrected chi connectivity index (χ3v) is 1.75. The van der Waals surface area contributed by atoms with Crippen LogP contribution in [0.1, 0.15) is 11.1 Å². The average Bonchev–Trinajstić information content (AvgIpc) is 2.14. The minimum Gasteiger partial charge on any atom is -0.508 e. The Kier molecular flexibility index (Phi) is 3.22. The zero-order chi connectivity index (χ0) is 12.3. The molecule has 0 saturated heterocycles. The van der Waals surface area contributed by atoms with Gasteiger partial charge in [0.1, 0.15) is 5.75 Å². The molecule has 0 bridgehead atoms. The summed E-state index contributed by atoms with van der Waals surface area (Å²) in [6.07, 6.45) is -3.22. The number of phenolic OH excluding ortho intramolecular Hbond substituents is 1. The normalized spacial score (nSPS) is 11.9. The van der Waals surface area contributed by atoms with Crippen LogP contribution in [0, 0.1) is 0 Å². The molecule has 0 amide bonds. The summed E-state index contributed by atoms with van der Waals surface area (Å²) in [5.41, 5.74) is -1.39. The lowest BCUT2D eigenvalue weighted by molar-refractivity contribution is -0.138. The van der Waals surface area contributed by atoms with Crippen LogP contribution >= 0.6 is 0 Å². The molecule has 0 fully saturated rings. The first-order chi connectivity index (χ1) is 7.30. The van der Waals surface area contributed by atoms with E-state index in [4.69, 9.17) is 10.2 Å². The van der Waals surface area contributed by atoms with Crippen molar-refractivity contribution in [1.82, 2.24) is 0 Å². The number of hydrogen-bond donors (Lipinski definition) is 2. The topological polar surface area (TPSA) is 57.5 Å². The summed E-state index contributed by atoms with van der Waals surface area (Å²) in [6, 6.07) is 2.59. The van der Waals surface area contributed by atoms with Crippen LogP contribution in [0.25, 0.3) is 6.08 Å². The number of hydrogen-bond acceptors (Lipinski definition) is 2. The number of halogens is 3. The highest BCUT2D eigenvalue weighted by Crippen LogP contribution is 2.34. The predicted molar refractivity (Wildman–Crippen MR) is 49.8 cm³/mol. The van der Waals surface area contributed by atoms with Gasteiger partial charge in [0.2, 0.25) is 0 Å². The van der Waals surface area contributed by atoms with Gasteiger partial charge in [0.05, 0.1) is 5.56 Å². The van der Waals surface area contributed by atoms with E-state index in [0.29, 0.717) is 12.1 Å². The van der Waals surface area contributed by atoms with Gasteiger partial charge in [-0.3, -0.25) is 0 Å². The third kappa shape index (κ3) is 3.01. The molecule has 2 N–H and O–H groups in total. The quantitative estimate of drug-likeness (QED) is 0.770. The molecule has 6 heteroatoms. The first kappa shape index (κ1) is 12.1. The van der Waals surface area contributed by atoms with Gasteiger partial charge in [0, 0.05) is 6.08 Å². The van der Waals surface area contributed by atoms with Crippen molar-refractivity contribution in [2.24, 2.45) is 0 Å². The Morgan fingerprint density at radius 1 is 1.31 bits per heavy atom. The Hall–Kier alpha value is -1.98. The second-order valence-corrected chi connectivity index (χ2v) is 2.94. The summed E-state index contributed by atoms with van der Waals surface area (Å²) >= 11 is 0. The number of rotatable bonds is 2. The van der Waals surface area contributed by atoms with Crippen LogP contribution in [0.4, 0.5) is 13.2 Å². The van der Waals surface area contributed by atoms with E-state index < -0.39 is 23.5 Å². The Morgan fingerprint density at radius 2 is 1.94 bits per heavy atom. The number of aromatic hydroxyl groups is 1. The molecule has 0 atom stereocenters. The van der Waals surface area contributed by atoms with Gasteiger partial charge in [-0.1, -0.05) is 6.07 Å².